The molecule has 1 N–H and O–H groups in total. The van der Waals surface area contributed by atoms with E-state index in [1.807, 2.05) is 20.8 Å². The molecule has 2 rings (SSSR count). The lowest BCUT2D eigenvalue weighted by Crippen LogP contribution is -2.27. The van der Waals surface area contributed by atoms with Crippen molar-refractivity contribution in [2.45, 2.75) is 54.1 Å². The van der Waals surface area contributed by atoms with Crippen LogP contribution < -0.4 is 5.32 Å². The summed E-state index contributed by atoms with van der Waals surface area (Å²) in [6, 6.07) is 5.23. The van der Waals surface area contributed by atoms with Gasteiger partial charge in [-0.05, 0) is 52.0 Å². The van der Waals surface area contributed by atoms with Gasteiger partial charge in [-0.25, -0.2) is 9.59 Å². The van der Waals surface area contributed by atoms with Crippen molar-refractivity contribution in [1.29, 1.82) is 0 Å². The third-order valence-electron chi connectivity index (χ3n) is 4.05. The Morgan fingerprint density at radius 3 is 2.33 bits per heavy atom. The van der Waals surface area contributed by atoms with Crippen LogP contribution in [0.1, 0.15) is 54.0 Å². The molecule has 1 aromatic carbocycles. The Hall–Kier alpha value is -3.09. The third-order valence-corrected chi connectivity index (χ3v) is 4.05. The Kier molecular flexibility index (Phi) is 6.75. The van der Waals surface area contributed by atoms with E-state index in [0.29, 0.717) is 22.2 Å². The van der Waals surface area contributed by atoms with E-state index in [9.17, 15) is 14.4 Å². The zero-order valence-electron chi connectivity index (χ0n) is 18.7. The number of aromatic nitrogens is 1. The maximum Gasteiger partial charge on any atom is 0.419 e. The summed E-state index contributed by atoms with van der Waals surface area (Å²) in [4.78, 5) is 36.8. The average molecular weight is 415 g/mol. The molecule has 0 aliphatic rings. The molecule has 0 spiro atoms. The van der Waals surface area contributed by atoms with Crippen LogP contribution in [0.25, 0.3) is 17.0 Å². The molecular formula is C23H30N2O5. The van der Waals surface area contributed by atoms with Crippen molar-refractivity contribution in [2.24, 2.45) is 5.41 Å². The van der Waals surface area contributed by atoms with Crippen molar-refractivity contribution in [2.75, 3.05) is 11.9 Å². The fraction of sp³-hybridized carbons (Fsp3) is 0.435. The van der Waals surface area contributed by atoms with Gasteiger partial charge in [-0.15, -0.1) is 0 Å². The smallest absolute Gasteiger partial charge is 0.419 e. The van der Waals surface area contributed by atoms with Gasteiger partial charge in [0.05, 0.1) is 12.1 Å². The average Bonchev–Trinajstić information content (AvgIpc) is 2.96. The zero-order chi connectivity index (χ0) is 22.7. The van der Waals surface area contributed by atoms with E-state index in [0.717, 1.165) is 0 Å². The number of anilines is 1. The molecule has 1 aromatic heterocycles. The number of benzene rings is 1. The van der Waals surface area contributed by atoms with E-state index in [4.69, 9.17) is 9.47 Å². The molecule has 0 bridgehead atoms. The highest BCUT2D eigenvalue weighted by Gasteiger charge is 2.23. The first-order valence-electron chi connectivity index (χ1n) is 9.86. The molecule has 0 unspecified atom stereocenters. The summed E-state index contributed by atoms with van der Waals surface area (Å²) in [7, 11) is 0. The predicted octanol–water partition coefficient (Wildman–Crippen LogP) is 4.99. The number of carbonyl (C=O) groups excluding carboxylic acids is 3. The molecule has 2 aromatic rings. The molecule has 30 heavy (non-hydrogen) atoms. The number of hydrogen-bond acceptors (Lipinski definition) is 5. The van der Waals surface area contributed by atoms with E-state index in [-0.39, 0.29) is 12.5 Å². The van der Waals surface area contributed by atoms with Gasteiger partial charge < -0.3 is 14.8 Å². The van der Waals surface area contributed by atoms with Crippen molar-refractivity contribution in [3.8, 4) is 0 Å². The molecule has 0 atom stereocenters. The summed E-state index contributed by atoms with van der Waals surface area (Å²) in [5, 5.41) is 3.57. The first-order chi connectivity index (χ1) is 13.8. The topological polar surface area (TPSA) is 86.6 Å². The maximum atomic E-state index is 12.7. The van der Waals surface area contributed by atoms with Gasteiger partial charge in [0.15, 0.2) is 0 Å². The van der Waals surface area contributed by atoms with Gasteiger partial charge in [-0.1, -0.05) is 20.8 Å². The molecule has 0 aliphatic heterocycles. The number of nitrogens with one attached hydrogen (secondary N) is 1. The minimum atomic E-state index is -0.658. The first kappa shape index (κ1) is 23.2. The van der Waals surface area contributed by atoms with Crippen molar-refractivity contribution in [3.63, 3.8) is 0 Å². The highest BCUT2D eigenvalue weighted by Crippen LogP contribution is 2.28. The quantitative estimate of drug-likeness (QED) is 0.563. The zero-order valence-corrected chi connectivity index (χ0v) is 18.7. The molecule has 0 saturated heterocycles. The summed E-state index contributed by atoms with van der Waals surface area (Å²) < 4.78 is 11.8. The number of hydrogen-bond donors (Lipinski definition) is 1. The van der Waals surface area contributed by atoms with Crippen LogP contribution in [0.3, 0.4) is 0 Å². The molecule has 0 saturated carbocycles. The molecule has 7 nitrogen and oxygen atoms in total. The molecule has 1 heterocycles. The number of ether oxygens (including phenoxy) is 2. The van der Waals surface area contributed by atoms with Gasteiger partial charge in [-0.2, -0.15) is 0 Å². The van der Waals surface area contributed by atoms with Crippen molar-refractivity contribution >= 4 is 40.6 Å². The number of amides is 1. The van der Waals surface area contributed by atoms with Gasteiger partial charge in [0.25, 0.3) is 0 Å². The van der Waals surface area contributed by atoms with Crippen molar-refractivity contribution in [3.05, 3.63) is 36.0 Å². The lowest BCUT2D eigenvalue weighted by molar-refractivity contribution is -0.137. The lowest BCUT2D eigenvalue weighted by atomic mass is 9.95. The number of fused-ring (bicyclic) bond motifs is 1. The van der Waals surface area contributed by atoms with E-state index < -0.39 is 23.1 Å². The van der Waals surface area contributed by atoms with Crippen molar-refractivity contribution in [1.82, 2.24) is 4.57 Å². The summed E-state index contributed by atoms with van der Waals surface area (Å²) >= 11 is 0. The molecule has 1 amide bonds. The van der Waals surface area contributed by atoms with Crippen LogP contribution in [0.5, 0.6) is 0 Å². The van der Waals surface area contributed by atoms with E-state index in [1.165, 1.54) is 10.6 Å². The Bertz CT molecular complexity index is 987. The Morgan fingerprint density at radius 1 is 1.10 bits per heavy atom. The Labute approximate surface area is 177 Å². The molecule has 162 valence electrons. The standard InChI is InChI=1S/C23H30N2O5/c1-8-29-19(26)12-9-15-14-25(21(28)30-23(5,6)7)18-11-10-16(13-17(15)18)24-20(27)22(2,3)4/h9-14H,8H2,1-7H3,(H,24,27). The van der Waals surface area contributed by atoms with Gasteiger partial charge in [-0.3, -0.25) is 9.36 Å². The Balaban J connectivity index is 2.52. The molecule has 0 fully saturated rings. The van der Waals surface area contributed by atoms with E-state index in [2.05, 4.69) is 5.32 Å². The van der Waals surface area contributed by atoms with Crippen LogP contribution in [0, 0.1) is 5.41 Å². The summed E-state index contributed by atoms with van der Waals surface area (Å²) in [5.74, 6) is -0.607. The largest absolute Gasteiger partial charge is 0.463 e. The SMILES string of the molecule is CCOC(=O)C=Cc1cn(C(=O)OC(C)(C)C)c2ccc(NC(=O)C(C)(C)C)cc12. The van der Waals surface area contributed by atoms with Gasteiger partial charge >= 0.3 is 12.1 Å². The highest BCUT2D eigenvalue weighted by atomic mass is 16.6. The van der Waals surface area contributed by atoms with Gasteiger partial charge in [0.2, 0.25) is 5.91 Å². The fourth-order valence-electron chi connectivity index (χ4n) is 2.60. The molecule has 7 heteroatoms. The van der Waals surface area contributed by atoms with Gasteiger partial charge in [0, 0.05) is 34.3 Å². The number of carbonyl (C=O) groups is 3. The van der Waals surface area contributed by atoms with Crippen LogP contribution in [-0.4, -0.2) is 34.7 Å². The molecular weight excluding hydrogens is 384 g/mol. The second-order valence-electron chi connectivity index (χ2n) is 8.96. The normalized spacial score (nSPS) is 12.2. The van der Waals surface area contributed by atoms with Crippen LogP contribution in [0.4, 0.5) is 10.5 Å². The highest BCUT2D eigenvalue weighted by molar-refractivity contribution is 6.01. The van der Waals surface area contributed by atoms with Crippen LogP contribution >= 0.6 is 0 Å². The van der Waals surface area contributed by atoms with E-state index >= 15 is 0 Å². The maximum absolute atomic E-state index is 12.7. The predicted molar refractivity (Wildman–Crippen MR) is 117 cm³/mol. The first-order valence-corrected chi connectivity index (χ1v) is 9.86. The van der Waals surface area contributed by atoms with Crippen LogP contribution in [-0.2, 0) is 19.1 Å². The fourth-order valence-corrected chi connectivity index (χ4v) is 2.60. The monoisotopic (exact) mass is 414 g/mol. The lowest BCUT2D eigenvalue weighted by Gasteiger charge is -2.20. The summed E-state index contributed by atoms with van der Waals surface area (Å²) in [6.45, 7) is 12.8. The minimum Gasteiger partial charge on any atom is -0.463 e. The van der Waals surface area contributed by atoms with E-state index in [1.54, 1.807) is 58.2 Å². The second-order valence-corrected chi connectivity index (χ2v) is 8.96. The minimum absolute atomic E-state index is 0.128. The number of esters is 1. The second kappa shape index (κ2) is 8.73. The third kappa shape index (κ3) is 5.95. The van der Waals surface area contributed by atoms with Crippen molar-refractivity contribution < 1.29 is 23.9 Å². The summed E-state index contributed by atoms with van der Waals surface area (Å²) in [5.41, 5.74) is 0.603. The molecule has 0 radical (unpaired) electrons. The Morgan fingerprint density at radius 2 is 1.77 bits per heavy atom. The number of rotatable bonds is 4. The summed E-state index contributed by atoms with van der Waals surface area (Å²) in [6.07, 6.45) is 3.95. The van der Waals surface area contributed by atoms with Gasteiger partial charge in [0.1, 0.15) is 5.60 Å². The molecule has 0 aliphatic carbocycles. The van der Waals surface area contributed by atoms with Crippen LogP contribution in [0.15, 0.2) is 30.5 Å². The number of nitrogens with zero attached hydrogens (tertiary/aromatic N) is 1. The van der Waals surface area contributed by atoms with Crippen LogP contribution in [0.2, 0.25) is 0 Å².